The van der Waals surface area contributed by atoms with Crippen molar-refractivity contribution in [1.82, 2.24) is 9.80 Å². The Bertz CT molecular complexity index is 1090. The van der Waals surface area contributed by atoms with E-state index in [0.29, 0.717) is 6.42 Å². The maximum atomic E-state index is 12.1. The minimum atomic E-state index is -2.10. The Kier molecular flexibility index (Phi) is 21.3. The number of β-lactam (4-membered cyclic amide) rings is 8. The Morgan fingerprint density at radius 1 is 0.619 bits per heavy atom. The van der Waals surface area contributed by atoms with Crippen molar-refractivity contribution in [2.45, 2.75) is 64.5 Å². The first-order valence-electron chi connectivity index (χ1n) is 12.0. The first kappa shape index (κ1) is 48.9. The van der Waals surface area contributed by atoms with Crippen LogP contribution in [0, 0.1) is 10.8 Å². The molecular weight excluding hydrogens is 965 g/mol. The van der Waals surface area contributed by atoms with E-state index >= 15 is 0 Å². The van der Waals surface area contributed by atoms with E-state index in [1.54, 1.807) is 0 Å². The summed E-state index contributed by atoms with van der Waals surface area (Å²) in [4.78, 5) is 92.3. The SMILES string of the molecule is CCCC[Si](C)(C)O[Si](C)(C)CCCN1C(=O)C2(C(=O)[N-]C2=O)C1=O.CN1C(=O)C2(C(=O)[N-]C2=O)C1=O.[Y].[Y].[Y].[Y].[Y]. The third kappa shape index (κ3) is 8.54. The molecule has 4 heterocycles. The van der Waals surface area contributed by atoms with E-state index < -0.39 is 74.7 Å². The Labute approximate surface area is 372 Å². The quantitative estimate of drug-likeness (QED) is 0.184. The molecule has 20 heteroatoms. The molecule has 13 nitrogen and oxygen atoms in total. The monoisotopic (exact) mass is 995 g/mol. The maximum absolute atomic E-state index is 12.1. The zero-order valence-electron chi connectivity index (χ0n) is 24.6. The van der Waals surface area contributed by atoms with Crippen molar-refractivity contribution in [2.24, 2.45) is 10.8 Å². The van der Waals surface area contributed by atoms with Crippen LogP contribution in [0.1, 0.15) is 26.2 Å². The summed E-state index contributed by atoms with van der Waals surface area (Å²) in [6.45, 7) is 11.2. The Morgan fingerprint density at radius 2 is 0.952 bits per heavy atom. The molecule has 4 fully saturated rings. The molecule has 4 rings (SSSR count). The number of carbonyl (C=O) groups is 8. The molecule has 0 bridgehead atoms. The molecule has 0 saturated carbocycles. The second-order valence-corrected chi connectivity index (χ2v) is 19.6. The molecule has 0 aromatic carbocycles. The number of carbonyl (C=O) groups excluding carboxylic acids is 8. The van der Waals surface area contributed by atoms with Crippen LogP contribution < -0.4 is 0 Å². The molecule has 4 aliphatic heterocycles. The number of rotatable bonds is 9. The van der Waals surface area contributed by atoms with Crippen molar-refractivity contribution >= 4 is 63.9 Å². The van der Waals surface area contributed by atoms with Crippen molar-refractivity contribution in [3.63, 3.8) is 0 Å². The summed E-state index contributed by atoms with van der Waals surface area (Å²) >= 11 is 0. The summed E-state index contributed by atoms with van der Waals surface area (Å²) < 4.78 is 6.49. The summed E-state index contributed by atoms with van der Waals surface area (Å²) in [5.41, 5.74) is -4.15. The number of amides is 8. The molecule has 42 heavy (non-hydrogen) atoms. The second-order valence-electron chi connectivity index (χ2n) is 10.7. The molecule has 0 aliphatic carbocycles. The van der Waals surface area contributed by atoms with Gasteiger partial charge in [-0.1, -0.05) is 19.8 Å². The molecule has 8 amide bonds. The van der Waals surface area contributed by atoms with Crippen LogP contribution in [0.4, 0.5) is 0 Å². The number of hydrogen-bond acceptors (Lipinski definition) is 9. The number of unbranched alkanes of at least 4 members (excludes halogenated alkanes) is 1. The van der Waals surface area contributed by atoms with Crippen molar-refractivity contribution in [3.8, 4) is 0 Å². The molecule has 0 unspecified atom stereocenters. The van der Waals surface area contributed by atoms with E-state index in [-0.39, 0.29) is 170 Å². The van der Waals surface area contributed by atoms with Crippen LogP contribution in [0.2, 0.25) is 38.3 Å². The minimum absolute atomic E-state index is 0. The first-order valence-corrected chi connectivity index (χ1v) is 18.2. The van der Waals surface area contributed by atoms with Gasteiger partial charge in [0.2, 0.25) is 10.8 Å². The van der Waals surface area contributed by atoms with Crippen LogP contribution in [-0.2, 0) is 206 Å². The zero-order chi connectivity index (χ0) is 28.1. The Hall–Kier alpha value is 2.47. The topological polar surface area (TPSA) is 180 Å². The van der Waals surface area contributed by atoms with Gasteiger partial charge >= 0.3 is 0 Å². The van der Waals surface area contributed by atoms with Gasteiger partial charge in [-0.2, -0.15) is 0 Å². The standard InChI is InChI=1S/C16H28N2O5Si2.C6H4N2O4.5Y/c1-6-7-10-24(2,3)23-25(4,5)11-8-9-18-14(21)16(15(18)22)12(19)17-13(16)20;1-8-4(11)6(5(8)12)2(9)7-3(6)10;;;;;/h6-11H2,1-5H3,(H,17,19,20);1H3,(H,7,9,10);;;;;/p-2. The van der Waals surface area contributed by atoms with E-state index in [9.17, 15) is 38.4 Å². The number of hydrogen-bond donors (Lipinski definition) is 0. The molecule has 0 aromatic heterocycles. The summed E-state index contributed by atoms with van der Waals surface area (Å²) in [5, 5.41) is 5.95. The van der Waals surface area contributed by atoms with Gasteiger partial charge in [-0.05, 0) is 44.7 Å². The van der Waals surface area contributed by atoms with Gasteiger partial charge in [-0.3, -0.25) is 29.0 Å². The van der Waals surface area contributed by atoms with Gasteiger partial charge in [-0.25, -0.2) is 0 Å². The van der Waals surface area contributed by atoms with Crippen LogP contribution in [0.5, 0.6) is 0 Å². The van der Waals surface area contributed by atoms with Gasteiger partial charge < -0.3 is 33.9 Å². The van der Waals surface area contributed by atoms with Crippen LogP contribution in [-0.4, -0.2) is 87.3 Å². The van der Waals surface area contributed by atoms with Crippen LogP contribution in [0.15, 0.2) is 0 Å². The van der Waals surface area contributed by atoms with Gasteiger partial charge in [0.25, 0.3) is 23.6 Å². The predicted molar refractivity (Wildman–Crippen MR) is 131 cm³/mol. The minimum Gasteiger partial charge on any atom is -0.592 e. The van der Waals surface area contributed by atoms with Crippen LogP contribution in [0.3, 0.4) is 0 Å². The Morgan fingerprint density at radius 3 is 1.26 bits per heavy atom. The summed E-state index contributed by atoms with van der Waals surface area (Å²) in [5.74, 6) is -6.63. The van der Waals surface area contributed by atoms with E-state index in [1.807, 2.05) is 0 Å². The molecule has 217 valence electrons. The fraction of sp³-hybridized carbons (Fsp3) is 0.636. The van der Waals surface area contributed by atoms with E-state index in [1.165, 1.54) is 13.5 Å². The van der Waals surface area contributed by atoms with Crippen LogP contribution >= 0.6 is 0 Å². The summed E-state index contributed by atoms with van der Waals surface area (Å²) in [6.07, 6.45) is 2.96. The van der Waals surface area contributed by atoms with Gasteiger partial charge in [-0.15, -0.1) is 0 Å². The van der Waals surface area contributed by atoms with E-state index in [4.69, 9.17) is 4.12 Å². The number of imide groups is 4. The van der Waals surface area contributed by atoms with Gasteiger partial charge in [0.15, 0.2) is 16.6 Å². The van der Waals surface area contributed by atoms with Crippen LogP contribution in [0.25, 0.3) is 10.6 Å². The molecule has 4 aliphatic rings. The zero-order valence-corrected chi connectivity index (χ0v) is 40.8. The average molecular weight is 995 g/mol. The van der Waals surface area contributed by atoms with Crippen molar-refractivity contribution in [3.05, 3.63) is 10.6 Å². The van der Waals surface area contributed by atoms with Crippen molar-refractivity contribution < 1.29 is 206 Å². The van der Waals surface area contributed by atoms with Gasteiger partial charge in [0.1, 0.15) is 0 Å². The molecule has 0 atom stereocenters. The van der Waals surface area contributed by atoms with E-state index in [2.05, 4.69) is 43.7 Å². The van der Waals surface area contributed by atoms with Gasteiger partial charge in [0, 0.05) is 177 Å². The summed E-state index contributed by atoms with van der Waals surface area (Å²) in [6, 6.07) is 1.96. The smallest absolute Gasteiger partial charge is 0.256 e. The fourth-order valence-corrected chi connectivity index (χ4v) is 13.8. The van der Waals surface area contributed by atoms with Crippen molar-refractivity contribution in [1.29, 1.82) is 0 Å². The molecule has 5 radical (unpaired) electrons. The predicted octanol–water partition coefficient (Wildman–Crippen LogP) is 0.799. The third-order valence-corrected chi connectivity index (χ3v) is 14.5. The fourth-order valence-electron chi connectivity index (χ4n) is 4.82. The third-order valence-electron chi connectivity index (χ3n) is 6.92. The molecule has 2 spiro atoms. The first-order chi connectivity index (χ1) is 17.0. The van der Waals surface area contributed by atoms with E-state index in [0.717, 1.165) is 28.3 Å². The second kappa shape index (κ2) is 18.3. The van der Waals surface area contributed by atoms with Crippen molar-refractivity contribution in [2.75, 3.05) is 13.6 Å². The largest absolute Gasteiger partial charge is 0.592 e. The normalized spacial score (nSPS) is 19.0. The molecule has 0 aromatic rings. The number of nitrogens with zero attached hydrogens (tertiary/aromatic N) is 4. The molecule has 4 saturated heterocycles. The summed E-state index contributed by atoms with van der Waals surface area (Å²) in [7, 11) is -2.35. The maximum Gasteiger partial charge on any atom is 0.256 e. The van der Waals surface area contributed by atoms with Gasteiger partial charge in [0.05, 0.1) is 23.6 Å². The molecule has 0 N–H and O–H groups in total. The number of likely N-dealkylation sites (tertiary alicyclic amines) is 2. The molecular formula is C22H30N4O9Si2Y5-2. The Balaban J connectivity index is -0.000000765. The average Bonchev–Trinajstić information content (AvgIpc) is 2.80.